The van der Waals surface area contributed by atoms with Crippen LogP contribution in [0, 0.1) is 0 Å². The van der Waals surface area contributed by atoms with Gasteiger partial charge in [-0.25, -0.2) is 14.4 Å². The molecule has 27 heavy (non-hydrogen) atoms. The number of aliphatic hydroxyl groups is 1. The van der Waals surface area contributed by atoms with Gasteiger partial charge in [-0.3, -0.25) is 4.79 Å². The average Bonchev–Trinajstić information content (AvgIpc) is 2.65. The standard InChI is InChI=1S/C18H26O9/c1-5-7-24-16(21)12(3)10-26-15(20)9-14(19)18(23)27-11-13(4)17(22)25-8-6-2/h10-11,14,19H,5-9H2,1-4H3. The van der Waals surface area contributed by atoms with Gasteiger partial charge in [0.1, 0.15) is 12.5 Å². The minimum Gasteiger partial charge on any atom is -0.462 e. The molecule has 0 rings (SSSR count). The number of carbonyl (C=O) groups excluding carboxylic acids is 4. The van der Waals surface area contributed by atoms with Crippen LogP contribution in [-0.4, -0.2) is 48.3 Å². The Labute approximate surface area is 157 Å². The Kier molecular flexibility index (Phi) is 12.2. The molecule has 1 N–H and O–H groups in total. The third kappa shape index (κ3) is 10.8. The van der Waals surface area contributed by atoms with Crippen molar-refractivity contribution in [1.29, 1.82) is 0 Å². The normalized spacial score (nSPS) is 12.8. The third-order valence-electron chi connectivity index (χ3n) is 2.87. The molecule has 1 atom stereocenters. The van der Waals surface area contributed by atoms with Crippen LogP contribution in [0.4, 0.5) is 0 Å². The van der Waals surface area contributed by atoms with E-state index in [9.17, 15) is 24.3 Å². The first kappa shape index (κ1) is 24.3. The smallest absolute Gasteiger partial charge is 0.340 e. The topological polar surface area (TPSA) is 125 Å². The molecule has 0 aromatic heterocycles. The first-order valence-corrected chi connectivity index (χ1v) is 8.48. The van der Waals surface area contributed by atoms with E-state index < -0.39 is 36.4 Å². The Morgan fingerprint density at radius 2 is 1.30 bits per heavy atom. The summed E-state index contributed by atoms with van der Waals surface area (Å²) in [5.41, 5.74) is 0.0775. The van der Waals surface area contributed by atoms with Crippen molar-refractivity contribution in [3.05, 3.63) is 23.7 Å². The van der Waals surface area contributed by atoms with Crippen LogP contribution in [0.2, 0.25) is 0 Å². The summed E-state index contributed by atoms with van der Waals surface area (Å²) in [5, 5.41) is 9.64. The average molecular weight is 386 g/mol. The fourth-order valence-electron chi connectivity index (χ4n) is 1.38. The molecule has 0 saturated heterocycles. The van der Waals surface area contributed by atoms with Crippen LogP contribution in [0.5, 0.6) is 0 Å². The molecule has 9 heteroatoms. The number of carbonyl (C=O) groups is 4. The lowest BCUT2D eigenvalue weighted by Gasteiger charge is -2.08. The van der Waals surface area contributed by atoms with E-state index in [2.05, 4.69) is 9.47 Å². The van der Waals surface area contributed by atoms with Gasteiger partial charge in [0.05, 0.1) is 30.8 Å². The van der Waals surface area contributed by atoms with Crippen LogP contribution in [0.1, 0.15) is 47.0 Å². The van der Waals surface area contributed by atoms with Crippen molar-refractivity contribution in [2.75, 3.05) is 13.2 Å². The Morgan fingerprint density at radius 3 is 1.74 bits per heavy atom. The van der Waals surface area contributed by atoms with Gasteiger partial charge in [0, 0.05) is 0 Å². The van der Waals surface area contributed by atoms with Gasteiger partial charge in [0.2, 0.25) is 0 Å². The van der Waals surface area contributed by atoms with Crippen LogP contribution >= 0.6 is 0 Å². The Hall–Kier alpha value is -2.68. The molecule has 0 bridgehead atoms. The quantitative estimate of drug-likeness (QED) is 0.243. The van der Waals surface area contributed by atoms with E-state index >= 15 is 0 Å². The van der Waals surface area contributed by atoms with Crippen molar-refractivity contribution in [1.82, 2.24) is 0 Å². The molecule has 0 amide bonds. The lowest BCUT2D eigenvalue weighted by molar-refractivity contribution is -0.154. The molecule has 9 nitrogen and oxygen atoms in total. The number of rotatable bonds is 11. The van der Waals surface area contributed by atoms with Gasteiger partial charge >= 0.3 is 23.9 Å². The first-order valence-electron chi connectivity index (χ1n) is 8.48. The van der Waals surface area contributed by atoms with Crippen molar-refractivity contribution in [3.63, 3.8) is 0 Å². The predicted octanol–water partition coefficient (Wildman–Crippen LogP) is 1.54. The number of hydrogen-bond acceptors (Lipinski definition) is 9. The van der Waals surface area contributed by atoms with E-state index in [0.717, 1.165) is 12.5 Å². The van der Waals surface area contributed by atoms with Crippen molar-refractivity contribution in [2.24, 2.45) is 0 Å². The van der Waals surface area contributed by atoms with Crippen LogP contribution in [0.15, 0.2) is 23.7 Å². The van der Waals surface area contributed by atoms with Crippen LogP contribution in [0.3, 0.4) is 0 Å². The maximum Gasteiger partial charge on any atom is 0.340 e. The third-order valence-corrected chi connectivity index (χ3v) is 2.87. The number of ether oxygens (including phenoxy) is 4. The summed E-state index contributed by atoms with van der Waals surface area (Å²) in [7, 11) is 0. The van der Waals surface area contributed by atoms with E-state index in [1.807, 2.05) is 13.8 Å². The fourth-order valence-corrected chi connectivity index (χ4v) is 1.38. The number of aliphatic hydroxyl groups excluding tert-OH is 1. The molecule has 0 heterocycles. The highest BCUT2D eigenvalue weighted by molar-refractivity contribution is 5.89. The molecular weight excluding hydrogens is 360 g/mol. The zero-order valence-electron chi connectivity index (χ0n) is 16.0. The highest BCUT2D eigenvalue weighted by Crippen LogP contribution is 2.04. The molecule has 0 spiro atoms. The van der Waals surface area contributed by atoms with Gasteiger partial charge < -0.3 is 24.1 Å². The van der Waals surface area contributed by atoms with Crippen molar-refractivity contribution in [2.45, 2.75) is 53.1 Å². The van der Waals surface area contributed by atoms with Crippen LogP contribution in [0.25, 0.3) is 0 Å². The maximum atomic E-state index is 11.6. The highest BCUT2D eigenvalue weighted by Gasteiger charge is 2.21. The lowest BCUT2D eigenvalue weighted by Crippen LogP contribution is -2.25. The second-order valence-corrected chi connectivity index (χ2v) is 5.52. The Bertz CT molecular complexity index is 590. The van der Waals surface area contributed by atoms with Crippen LogP contribution < -0.4 is 0 Å². The molecule has 0 aliphatic carbocycles. The molecule has 1 unspecified atom stereocenters. The van der Waals surface area contributed by atoms with E-state index in [-0.39, 0.29) is 24.4 Å². The first-order chi connectivity index (χ1) is 12.7. The summed E-state index contributed by atoms with van der Waals surface area (Å²) in [4.78, 5) is 46.1. The second-order valence-electron chi connectivity index (χ2n) is 5.52. The summed E-state index contributed by atoms with van der Waals surface area (Å²) in [6.07, 6.45) is 0.518. The zero-order valence-corrected chi connectivity index (χ0v) is 16.0. The lowest BCUT2D eigenvalue weighted by atomic mass is 10.2. The SMILES string of the molecule is CCCOC(=O)C(C)=COC(=O)CC(O)C(=O)OC=C(C)C(=O)OCCC. The van der Waals surface area contributed by atoms with Crippen molar-refractivity contribution < 1.29 is 43.2 Å². The molecule has 0 saturated carbocycles. The minimum atomic E-state index is -1.80. The summed E-state index contributed by atoms with van der Waals surface area (Å²) in [6.45, 7) is 6.88. The van der Waals surface area contributed by atoms with E-state index in [0.29, 0.717) is 12.8 Å². The summed E-state index contributed by atoms with van der Waals surface area (Å²) in [6, 6.07) is 0. The summed E-state index contributed by atoms with van der Waals surface area (Å²) < 4.78 is 19.0. The molecule has 152 valence electrons. The maximum absolute atomic E-state index is 11.6. The molecule has 0 aromatic rings. The van der Waals surface area contributed by atoms with E-state index in [4.69, 9.17) is 9.47 Å². The van der Waals surface area contributed by atoms with Gasteiger partial charge in [-0.15, -0.1) is 0 Å². The molecule has 0 aromatic carbocycles. The summed E-state index contributed by atoms with van der Waals surface area (Å²) >= 11 is 0. The largest absolute Gasteiger partial charge is 0.462 e. The van der Waals surface area contributed by atoms with Gasteiger partial charge in [0.25, 0.3) is 0 Å². The van der Waals surface area contributed by atoms with Crippen molar-refractivity contribution in [3.8, 4) is 0 Å². The fraction of sp³-hybridized carbons (Fsp3) is 0.556. The van der Waals surface area contributed by atoms with E-state index in [1.165, 1.54) is 13.8 Å². The molecular formula is C18H26O9. The highest BCUT2D eigenvalue weighted by atomic mass is 16.6. The number of hydrogen-bond donors (Lipinski definition) is 1. The molecule has 0 aliphatic rings. The number of esters is 4. The zero-order chi connectivity index (χ0) is 20.8. The summed E-state index contributed by atoms with van der Waals surface area (Å²) in [5.74, 6) is -3.39. The van der Waals surface area contributed by atoms with Gasteiger partial charge in [-0.1, -0.05) is 13.8 Å². The van der Waals surface area contributed by atoms with Crippen molar-refractivity contribution >= 4 is 23.9 Å². The second kappa shape index (κ2) is 13.5. The monoisotopic (exact) mass is 386 g/mol. The van der Waals surface area contributed by atoms with Gasteiger partial charge in [-0.2, -0.15) is 0 Å². The minimum absolute atomic E-state index is 0.0238. The van der Waals surface area contributed by atoms with Gasteiger partial charge in [-0.05, 0) is 26.7 Å². The Balaban J connectivity index is 4.44. The Morgan fingerprint density at radius 1 is 0.852 bits per heavy atom. The van der Waals surface area contributed by atoms with E-state index in [1.54, 1.807) is 0 Å². The molecule has 0 fully saturated rings. The molecule has 0 aliphatic heterocycles. The van der Waals surface area contributed by atoms with Crippen LogP contribution in [-0.2, 0) is 38.1 Å². The molecule has 0 radical (unpaired) electrons. The van der Waals surface area contributed by atoms with Gasteiger partial charge in [0.15, 0.2) is 6.10 Å². The predicted molar refractivity (Wildman–Crippen MR) is 92.8 cm³/mol.